The molecule has 10 nitrogen and oxygen atoms in total. The highest BCUT2D eigenvalue weighted by atomic mass is 16.5. The number of hydrogen-bond donors (Lipinski definition) is 1. The Kier molecular flexibility index (Phi) is 7.29. The lowest BCUT2D eigenvalue weighted by Gasteiger charge is -2.28. The predicted octanol–water partition coefficient (Wildman–Crippen LogP) is 2.41. The summed E-state index contributed by atoms with van der Waals surface area (Å²) < 4.78 is 8.49. The first-order valence-electron chi connectivity index (χ1n) is 12.6. The van der Waals surface area contributed by atoms with Crippen LogP contribution in [0.1, 0.15) is 21.7 Å². The van der Waals surface area contributed by atoms with Crippen molar-refractivity contribution in [3.8, 4) is 17.1 Å². The zero-order valence-electron chi connectivity index (χ0n) is 22.1. The Morgan fingerprint density at radius 3 is 2.33 bits per heavy atom. The van der Waals surface area contributed by atoms with Crippen LogP contribution < -0.4 is 20.5 Å². The summed E-state index contributed by atoms with van der Waals surface area (Å²) in [5, 5.41) is 7.69. The number of likely N-dealkylation sites (N-methyl/N-ethyl adjacent to an activating group) is 1. The summed E-state index contributed by atoms with van der Waals surface area (Å²) in [5.74, 6) is 0.394. The van der Waals surface area contributed by atoms with Gasteiger partial charge < -0.3 is 19.9 Å². The summed E-state index contributed by atoms with van der Waals surface area (Å²) in [6.07, 6.45) is 2.29. The summed E-state index contributed by atoms with van der Waals surface area (Å²) in [4.78, 5) is 42.0. The van der Waals surface area contributed by atoms with Gasteiger partial charge in [-0.3, -0.25) is 19.0 Å². The number of fused-ring (bicyclic) bond motifs is 1. The molecule has 0 atom stereocenters. The molecule has 5 rings (SSSR count). The van der Waals surface area contributed by atoms with Crippen LogP contribution >= 0.6 is 0 Å². The molecular weight excluding hydrogens is 496 g/mol. The first-order chi connectivity index (χ1) is 18.9. The average Bonchev–Trinajstić information content (AvgIpc) is 3.32. The molecule has 0 saturated carbocycles. The fraction of sp³-hybridized carbons (Fsp3) is 0.241. The maximum Gasteiger partial charge on any atom is 0.277 e. The van der Waals surface area contributed by atoms with Crippen LogP contribution in [0.3, 0.4) is 0 Å². The number of carbonyl (C=O) groups is 2. The number of carbonyl (C=O) groups excluding carboxylic acids is 2. The van der Waals surface area contributed by atoms with E-state index in [-0.39, 0.29) is 30.5 Å². The minimum absolute atomic E-state index is 0.117. The number of nitrogens with one attached hydrogen (secondary N) is 1. The number of ether oxygens (including phenoxy) is 1. The Labute approximate surface area is 226 Å². The summed E-state index contributed by atoms with van der Waals surface area (Å²) in [7, 11) is 5.26. The lowest BCUT2D eigenvalue weighted by atomic mass is 10.0. The first kappa shape index (κ1) is 25.9. The summed E-state index contributed by atoms with van der Waals surface area (Å²) in [6.45, 7) is 0.953. The number of aromatic nitrogens is 3. The predicted molar refractivity (Wildman–Crippen MR) is 148 cm³/mol. The van der Waals surface area contributed by atoms with Crippen LogP contribution in [0.4, 0.5) is 5.69 Å². The van der Waals surface area contributed by atoms with Crippen LogP contribution in [0.25, 0.3) is 11.4 Å². The Morgan fingerprint density at radius 2 is 1.67 bits per heavy atom. The van der Waals surface area contributed by atoms with Crippen molar-refractivity contribution < 1.29 is 14.3 Å². The van der Waals surface area contributed by atoms with E-state index in [1.165, 1.54) is 6.07 Å². The zero-order valence-corrected chi connectivity index (χ0v) is 22.1. The molecule has 2 amide bonds. The number of pyridine rings is 1. The molecule has 1 aliphatic heterocycles. The van der Waals surface area contributed by atoms with E-state index in [1.807, 2.05) is 62.6 Å². The van der Waals surface area contributed by atoms with E-state index in [0.29, 0.717) is 41.5 Å². The van der Waals surface area contributed by atoms with E-state index in [2.05, 4.69) is 5.32 Å². The van der Waals surface area contributed by atoms with Gasteiger partial charge >= 0.3 is 0 Å². The standard InChI is InChI=1S/C29H30N6O4/c1-32(2)19-26(36)30-18-25-24-15-17-34(21-9-7-20(8-10-21)33-16-5-4-6-27(33)37)29(38)28(24)35(31-25)22-11-13-23(39-3)14-12-22/h4-14,16H,15,17-19H2,1-3H3,(H,30,36). The van der Waals surface area contributed by atoms with Crippen molar-refractivity contribution >= 4 is 17.5 Å². The fourth-order valence-corrected chi connectivity index (χ4v) is 4.69. The summed E-state index contributed by atoms with van der Waals surface area (Å²) >= 11 is 0. The molecule has 200 valence electrons. The zero-order chi connectivity index (χ0) is 27.5. The molecule has 0 radical (unpaired) electrons. The molecule has 2 aromatic carbocycles. The highest BCUT2D eigenvalue weighted by molar-refractivity contribution is 6.07. The summed E-state index contributed by atoms with van der Waals surface area (Å²) in [5.41, 5.74) is 3.98. The van der Waals surface area contributed by atoms with Crippen molar-refractivity contribution in [1.29, 1.82) is 0 Å². The van der Waals surface area contributed by atoms with Crippen LogP contribution in [-0.2, 0) is 17.8 Å². The van der Waals surface area contributed by atoms with E-state index in [0.717, 1.165) is 11.3 Å². The van der Waals surface area contributed by atoms with Crippen molar-refractivity contribution in [3.05, 3.63) is 100 Å². The third kappa shape index (κ3) is 5.32. The Morgan fingerprint density at radius 1 is 0.974 bits per heavy atom. The molecule has 2 aromatic heterocycles. The van der Waals surface area contributed by atoms with Crippen LogP contribution in [-0.4, -0.2) is 65.4 Å². The van der Waals surface area contributed by atoms with Crippen LogP contribution in [0.2, 0.25) is 0 Å². The molecule has 1 aliphatic rings. The molecule has 0 unspecified atom stereocenters. The van der Waals surface area contributed by atoms with Gasteiger partial charge in [0.15, 0.2) is 0 Å². The van der Waals surface area contributed by atoms with Gasteiger partial charge in [0.1, 0.15) is 11.4 Å². The lowest BCUT2D eigenvalue weighted by Crippen LogP contribution is -2.39. The molecule has 0 saturated heterocycles. The quantitative estimate of drug-likeness (QED) is 0.379. The Hall–Kier alpha value is -4.70. The molecule has 0 aliphatic carbocycles. The molecule has 10 heteroatoms. The number of hydrogen-bond acceptors (Lipinski definition) is 6. The van der Waals surface area contributed by atoms with Crippen molar-refractivity contribution in [3.63, 3.8) is 0 Å². The van der Waals surface area contributed by atoms with Gasteiger partial charge in [-0.2, -0.15) is 5.10 Å². The average molecular weight is 527 g/mol. The number of benzene rings is 2. The van der Waals surface area contributed by atoms with Crippen molar-refractivity contribution in [2.24, 2.45) is 0 Å². The second-order valence-corrected chi connectivity index (χ2v) is 9.53. The Bertz CT molecular complexity index is 1550. The van der Waals surface area contributed by atoms with Crippen molar-refractivity contribution in [2.75, 3.05) is 39.2 Å². The normalized spacial score (nSPS) is 12.9. The van der Waals surface area contributed by atoms with Crippen molar-refractivity contribution in [2.45, 2.75) is 13.0 Å². The second kappa shape index (κ2) is 11.0. The van der Waals surface area contributed by atoms with E-state index < -0.39 is 0 Å². The summed E-state index contributed by atoms with van der Waals surface area (Å²) in [6, 6.07) is 19.7. The van der Waals surface area contributed by atoms with Gasteiger partial charge in [-0.05, 0) is 75.1 Å². The number of rotatable bonds is 8. The second-order valence-electron chi connectivity index (χ2n) is 9.53. The third-order valence-corrected chi connectivity index (χ3v) is 6.59. The lowest BCUT2D eigenvalue weighted by molar-refractivity contribution is -0.121. The van der Waals surface area contributed by atoms with Crippen molar-refractivity contribution in [1.82, 2.24) is 24.6 Å². The van der Waals surface area contributed by atoms with Crippen LogP contribution in [0.15, 0.2) is 77.7 Å². The van der Waals surface area contributed by atoms with Gasteiger partial charge in [-0.25, -0.2) is 4.68 Å². The number of nitrogens with zero attached hydrogens (tertiary/aromatic N) is 5. The van der Waals surface area contributed by atoms with Gasteiger partial charge in [0.25, 0.3) is 11.5 Å². The topological polar surface area (TPSA) is 102 Å². The number of amides is 2. The molecule has 0 fully saturated rings. The molecule has 1 N–H and O–H groups in total. The number of methoxy groups -OCH3 is 1. The molecular formula is C29H30N6O4. The third-order valence-electron chi connectivity index (χ3n) is 6.59. The molecule has 39 heavy (non-hydrogen) atoms. The molecule has 4 aromatic rings. The molecule has 3 heterocycles. The Balaban J connectivity index is 1.48. The van der Waals surface area contributed by atoms with Gasteiger partial charge in [0, 0.05) is 35.7 Å². The SMILES string of the molecule is COc1ccc(-n2nc(CNC(=O)CN(C)C)c3c2C(=O)N(c2ccc(-n4ccccc4=O)cc2)CC3)cc1. The maximum atomic E-state index is 13.9. The monoisotopic (exact) mass is 526 g/mol. The van der Waals surface area contributed by atoms with Gasteiger partial charge in [0.2, 0.25) is 5.91 Å². The first-order valence-corrected chi connectivity index (χ1v) is 12.6. The van der Waals surface area contributed by atoms with Crippen LogP contribution in [0.5, 0.6) is 5.75 Å². The minimum Gasteiger partial charge on any atom is -0.497 e. The molecule has 0 bridgehead atoms. The van der Waals surface area contributed by atoms with Gasteiger partial charge in [-0.1, -0.05) is 6.07 Å². The van der Waals surface area contributed by atoms with E-state index in [4.69, 9.17) is 9.84 Å². The van der Waals surface area contributed by atoms with E-state index >= 15 is 0 Å². The highest BCUT2D eigenvalue weighted by Gasteiger charge is 2.33. The van der Waals surface area contributed by atoms with Crippen LogP contribution in [0, 0.1) is 0 Å². The van der Waals surface area contributed by atoms with Gasteiger partial charge in [0.05, 0.1) is 31.6 Å². The van der Waals surface area contributed by atoms with E-state index in [9.17, 15) is 14.4 Å². The fourth-order valence-electron chi connectivity index (χ4n) is 4.69. The van der Waals surface area contributed by atoms with Gasteiger partial charge in [-0.15, -0.1) is 0 Å². The smallest absolute Gasteiger partial charge is 0.277 e. The van der Waals surface area contributed by atoms with E-state index in [1.54, 1.807) is 44.5 Å². The molecule has 0 spiro atoms. The minimum atomic E-state index is -0.185. The largest absolute Gasteiger partial charge is 0.497 e. The highest BCUT2D eigenvalue weighted by Crippen LogP contribution is 2.30. The number of anilines is 1. The maximum absolute atomic E-state index is 13.9.